The van der Waals surface area contributed by atoms with Crippen LogP contribution in [0.25, 0.3) is 0 Å². The summed E-state index contributed by atoms with van der Waals surface area (Å²) in [5.41, 5.74) is 5.16. The molecule has 2 nitrogen and oxygen atoms in total. The fourth-order valence-corrected chi connectivity index (χ4v) is 2.86. The summed E-state index contributed by atoms with van der Waals surface area (Å²) in [6.07, 6.45) is 6.44. The zero-order valence-electron chi connectivity index (χ0n) is 11.0. The van der Waals surface area contributed by atoms with Gasteiger partial charge in [0.2, 0.25) is 0 Å². The van der Waals surface area contributed by atoms with E-state index >= 15 is 0 Å². The highest BCUT2D eigenvalue weighted by molar-refractivity contribution is 5.35. The molecule has 0 fully saturated rings. The summed E-state index contributed by atoms with van der Waals surface area (Å²) < 4.78 is 0. The van der Waals surface area contributed by atoms with Crippen molar-refractivity contribution in [2.24, 2.45) is 0 Å². The monoisotopic (exact) mass is 253 g/mol. The number of aliphatic hydroxyl groups excluding tert-OH is 1. The number of nitrogens with zero attached hydrogens (tertiary/aromatic N) is 1. The zero-order valence-corrected chi connectivity index (χ0v) is 11.0. The van der Waals surface area contributed by atoms with Crippen LogP contribution in [-0.4, -0.2) is 16.2 Å². The third-order valence-electron chi connectivity index (χ3n) is 3.81. The molecular weight excluding hydrogens is 234 g/mol. The largest absolute Gasteiger partial charge is 0.392 e. The lowest BCUT2D eigenvalue weighted by Crippen LogP contribution is -2.14. The molecule has 0 amide bonds. The predicted octanol–water partition coefficient (Wildman–Crippen LogP) is 2.72. The molecule has 98 valence electrons. The molecule has 2 aromatic rings. The summed E-state index contributed by atoms with van der Waals surface area (Å²) in [6.45, 7) is 0. The van der Waals surface area contributed by atoms with Crippen LogP contribution in [-0.2, 0) is 25.7 Å². The number of aryl methyl sites for hydroxylation is 2. The van der Waals surface area contributed by atoms with E-state index < -0.39 is 0 Å². The molecule has 0 bridgehead atoms. The maximum atomic E-state index is 10.2. The van der Waals surface area contributed by atoms with Gasteiger partial charge in [0.1, 0.15) is 0 Å². The van der Waals surface area contributed by atoms with E-state index in [1.165, 1.54) is 36.0 Å². The molecule has 0 radical (unpaired) electrons. The average Bonchev–Trinajstić information content (AvgIpc) is 2.87. The van der Waals surface area contributed by atoms with Gasteiger partial charge in [-0.25, -0.2) is 0 Å². The Bertz CT molecular complexity index is 550. The van der Waals surface area contributed by atoms with Crippen LogP contribution in [0.1, 0.15) is 28.8 Å². The first kappa shape index (κ1) is 12.4. The minimum Gasteiger partial charge on any atom is -0.392 e. The van der Waals surface area contributed by atoms with Crippen LogP contribution in [0.5, 0.6) is 0 Å². The smallest absolute Gasteiger partial charge is 0.0635 e. The van der Waals surface area contributed by atoms with E-state index in [2.05, 4.69) is 23.2 Å². The number of aliphatic hydroxyl groups is 1. The highest BCUT2D eigenvalue weighted by Crippen LogP contribution is 2.23. The van der Waals surface area contributed by atoms with Crippen molar-refractivity contribution in [2.45, 2.75) is 38.2 Å². The van der Waals surface area contributed by atoms with Crippen molar-refractivity contribution in [1.82, 2.24) is 4.98 Å². The van der Waals surface area contributed by atoms with Crippen molar-refractivity contribution in [3.05, 3.63) is 65.0 Å². The van der Waals surface area contributed by atoms with Crippen LogP contribution in [0.2, 0.25) is 0 Å². The molecule has 0 saturated heterocycles. The van der Waals surface area contributed by atoms with Crippen LogP contribution in [0.3, 0.4) is 0 Å². The maximum absolute atomic E-state index is 10.2. The van der Waals surface area contributed by atoms with Crippen LogP contribution in [0, 0.1) is 0 Å². The molecule has 1 heterocycles. The Balaban J connectivity index is 1.65. The second-order valence-corrected chi connectivity index (χ2v) is 5.34. The normalized spacial score (nSPS) is 15.2. The second-order valence-electron chi connectivity index (χ2n) is 5.34. The van der Waals surface area contributed by atoms with Crippen LogP contribution in [0.15, 0.2) is 42.6 Å². The number of aromatic nitrogens is 1. The van der Waals surface area contributed by atoms with Gasteiger partial charge in [0, 0.05) is 18.3 Å². The lowest BCUT2D eigenvalue weighted by Gasteiger charge is -2.11. The number of rotatable bonds is 4. The molecule has 0 aliphatic heterocycles. The Morgan fingerprint density at radius 3 is 2.79 bits per heavy atom. The topological polar surface area (TPSA) is 33.1 Å². The molecule has 0 spiro atoms. The SMILES string of the molecule is OC(Cc1ccc2c(c1)CCC2)Cc1ccccn1. The van der Waals surface area contributed by atoms with Gasteiger partial charge in [-0.1, -0.05) is 24.3 Å². The molecule has 1 aromatic heterocycles. The Morgan fingerprint density at radius 2 is 1.95 bits per heavy atom. The summed E-state index contributed by atoms with van der Waals surface area (Å²) in [6, 6.07) is 12.5. The number of hydrogen-bond donors (Lipinski definition) is 1. The van der Waals surface area contributed by atoms with Crippen LogP contribution < -0.4 is 0 Å². The highest BCUT2D eigenvalue weighted by atomic mass is 16.3. The number of pyridine rings is 1. The van der Waals surface area contributed by atoms with Gasteiger partial charge in [0.15, 0.2) is 0 Å². The quantitative estimate of drug-likeness (QED) is 0.909. The second kappa shape index (κ2) is 5.54. The fraction of sp³-hybridized carbons (Fsp3) is 0.353. The lowest BCUT2D eigenvalue weighted by atomic mass is 10.00. The fourth-order valence-electron chi connectivity index (χ4n) is 2.86. The Kier molecular flexibility index (Phi) is 3.60. The van der Waals surface area contributed by atoms with E-state index in [9.17, 15) is 5.11 Å². The van der Waals surface area contributed by atoms with E-state index in [0.717, 1.165) is 5.69 Å². The van der Waals surface area contributed by atoms with Gasteiger partial charge in [0.25, 0.3) is 0 Å². The van der Waals surface area contributed by atoms with Gasteiger partial charge in [-0.2, -0.15) is 0 Å². The average molecular weight is 253 g/mol. The zero-order chi connectivity index (χ0) is 13.1. The number of hydrogen-bond acceptors (Lipinski definition) is 2. The van der Waals surface area contributed by atoms with E-state index in [0.29, 0.717) is 12.8 Å². The van der Waals surface area contributed by atoms with Crippen molar-refractivity contribution < 1.29 is 5.11 Å². The van der Waals surface area contributed by atoms with Gasteiger partial charge in [0.05, 0.1) is 6.10 Å². The van der Waals surface area contributed by atoms with Gasteiger partial charge in [-0.05, 0) is 54.5 Å². The Labute approximate surface area is 114 Å². The van der Waals surface area contributed by atoms with Gasteiger partial charge >= 0.3 is 0 Å². The highest BCUT2D eigenvalue weighted by Gasteiger charge is 2.13. The molecular formula is C17H19NO. The maximum Gasteiger partial charge on any atom is 0.0635 e. The third-order valence-corrected chi connectivity index (χ3v) is 3.81. The van der Waals surface area contributed by atoms with Crippen molar-refractivity contribution in [3.63, 3.8) is 0 Å². The molecule has 3 rings (SSSR count). The summed E-state index contributed by atoms with van der Waals surface area (Å²) in [7, 11) is 0. The van der Waals surface area contributed by atoms with Crippen LogP contribution in [0.4, 0.5) is 0 Å². The third kappa shape index (κ3) is 3.02. The van der Waals surface area contributed by atoms with Crippen LogP contribution >= 0.6 is 0 Å². The molecule has 19 heavy (non-hydrogen) atoms. The van der Waals surface area contributed by atoms with Crippen molar-refractivity contribution >= 4 is 0 Å². The molecule has 1 aliphatic rings. The minimum absolute atomic E-state index is 0.352. The molecule has 1 aliphatic carbocycles. The number of benzene rings is 1. The summed E-state index contributed by atoms with van der Waals surface area (Å²) in [4.78, 5) is 4.26. The lowest BCUT2D eigenvalue weighted by molar-refractivity contribution is 0.174. The van der Waals surface area contributed by atoms with E-state index in [-0.39, 0.29) is 6.10 Å². The van der Waals surface area contributed by atoms with E-state index in [4.69, 9.17) is 0 Å². The van der Waals surface area contributed by atoms with Gasteiger partial charge < -0.3 is 5.11 Å². The molecule has 1 unspecified atom stereocenters. The Morgan fingerprint density at radius 1 is 1.05 bits per heavy atom. The predicted molar refractivity (Wildman–Crippen MR) is 76.1 cm³/mol. The molecule has 0 saturated carbocycles. The summed E-state index contributed by atoms with van der Waals surface area (Å²) in [5, 5.41) is 10.2. The first-order chi connectivity index (χ1) is 9.31. The van der Waals surface area contributed by atoms with Crippen molar-refractivity contribution in [3.8, 4) is 0 Å². The molecule has 1 atom stereocenters. The first-order valence-corrected chi connectivity index (χ1v) is 7.00. The van der Waals surface area contributed by atoms with Crippen molar-refractivity contribution in [1.29, 1.82) is 0 Å². The van der Waals surface area contributed by atoms with E-state index in [1.807, 2.05) is 18.2 Å². The molecule has 1 N–H and O–H groups in total. The molecule has 2 heteroatoms. The van der Waals surface area contributed by atoms with Gasteiger partial charge in [-0.3, -0.25) is 4.98 Å². The van der Waals surface area contributed by atoms with Gasteiger partial charge in [-0.15, -0.1) is 0 Å². The van der Waals surface area contributed by atoms with E-state index in [1.54, 1.807) is 6.20 Å². The van der Waals surface area contributed by atoms with Crippen molar-refractivity contribution in [2.75, 3.05) is 0 Å². The first-order valence-electron chi connectivity index (χ1n) is 7.00. The number of fused-ring (bicyclic) bond motifs is 1. The summed E-state index contributed by atoms with van der Waals surface area (Å²) >= 11 is 0. The standard InChI is InChI=1S/C17H19NO/c19-17(12-16-6-1-2-9-18-16)11-13-7-8-14-4-3-5-15(14)10-13/h1-2,6-10,17,19H,3-5,11-12H2. The summed E-state index contributed by atoms with van der Waals surface area (Å²) in [5.74, 6) is 0. The minimum atomic E-state index is -0.352. The Hall–Kier alpha value is -1.67. The molecule has 1 aromatic carbocycles.